The number of nitrogens with two attached hydrogens (primary N) is 1. The molecule has 0 amide bonds. The minimum absolute atomic E-state index is 0.00565. The third-order valence-corrected chi connectivity index (χ3v) is 3.24. The molecule has 2 rings (SSSR count). The van der Waals surface area contributed by atoms with Crippen LogP contribution in [0.15, 0.2) is 46.9 Å². The molecule has 0 saturated carbocycles. The van der Waals surface area contributed by atoms with E-state index in [2.05, 4.69) is 15.9 Å². The first-order valence-corrected chi connectivity index (χ1v) is 6.45. The van der Waals surface area contributed by atoms with Crippen molar-refractivity contribution in [3.63, 3.8) is 0 Å². The van der Waals surface area contributed by atoms with E-state index in [0.29, 0.717) is 5.75 Å². The van der Waals surface area contributed by atoms with Gasteiger partial charge in [-0.3, -0.25) is 0 Å². The Morgan fingerprint density at radius 2 is 1.79 bits per heavy atom. The molecule has 0 heterocycles. The molecule has 100 valence electrons. The highest BCUT2D eigenvalue weighted by atomic mass is 79.9. The summed E-state index contributed by atoms with van der Waals surface area (Å²) in [7, 11) is 0. The Balaban J connectivity index is 2.12. The molecule has 0 fully saturated rings. The number of hydrogen-bond acceptors (Lipinski definition) is 2. The fourth-order valence-corrected chi connectivity index (χ4v) is 2.01. The Morgan fingerprint density at radius 3 is 2.47 bits per heavy atom. The molecule has 0 aliphatic rings. The van der Waals surface area contributed by atoms with E-state index in [4.69, 9.17) is 10.5 Å². The molecule has 0 aliphatic heterocycles. The molecule has 1 atom stereocenters. The lowest BCUT2D eigenvalue weighted by Crippen LogP contribution is -2.21. The lowest BCUT2D eigenvalue weighted by atomic mass is 10.1. The lowest BCUT2D eigenvalue weighted by Gasteiger charge is -2.15. The van der Waals surface area contributed by atoms with Crippen LogP contribution in [0.1, 0.15) is 11.6 Å². The fraction of sp³-hybridized carbons (Fsp3) is 0.143. The van der Waals surface area contributed by atoms with Crippen LogP contribution in [0.4, 0.5) is 8.78 Å². The van der Waals surface area contributed by atoms with Crippen LogP contribution in [-0.4, -0.2) is 6.61 Å². The van der Waals surface area contributed by atoms with E-state index >= 15 is 0 Å². The monoisotopic (exact) mass is 327 g/mol. The van der Waals surface area contributed by atoms with Gasteiger partial charge in [0.25, 0.3) is 0 Å². The van der Waals surface area contributed by atoms with Crippen molar-refractivity contribution in [1.82, 2.24) is 0 Å². The number of para-hydroxylation sites is 1. The maximum Gasteiger partial charge on any atom is 0.145 e. The highest BCUT2D eigenvalue weighted by molar-refractivity contribution is 9.10. The molecule has 0 saturated heterocycles. The van der Waals surface area contributed by atoms with Crippen LogP contribution < -0.4 is 10.5 Å². The van der Waals surface area contributed by atoms with Gasteiger partial charge in [0, 0.05) is 5.56 Å². The molecule has 0 radical (unpaired) electrons. The zero-order valence-corrected chi connectivity index (χ0v) is 11.5. The maximum absolute atomic E-state index is 13.8. The fourth-order valence-electron chi connectivity index (χ4n) is 1.67. The van der Waals surface area contributed by atoms with Crippen LogP contribution in [0.2, 0.25) is 0 Å². The Morgan fingerprint density at radius 1 is 1.11 bits per heavy atom. The predicted molar refractivity (Wildman–Crippen MR) is 72.9 cm³/mol. The van der Waals surface area contributed by atoms with Crippen LogP contribution in [0.25, 0.3) is 0 Å². The molecule has 1 unspecified atom stereocenters. The second-order valence-electron chi connectivity index (χ2n) is 3.99. The van der Waals surface area contributed by atoms with Gasteiger partial charge in [0.1, 0.15) is 24.0 Å². The summed E-state index contributed by atoms with van der Waals surface area (Å²) in [5, 5.41) is 0. The number of halogens is 3. The minimum atomic E-state index is -0.877. The van der Waals surface area contributed by atoms with Gasteiger partial charge in [0.2, 0.25) is 0 Å². The standard InChI is InChI=1S/C14H12BrF2NO/c15-10-6-7-11(16)13(14(10)17)12(18)8-19-9-4-2-1-3-5-9/h1-7,12H,8,18H2. The molecule has 2 N–H and O–H groups in total. The van der Waals surface area contributed by atoms with Crippen molar-refractivity contribution in [2.45, 2.75) is 6.04 Å². The van der Waals surface area contributed by atoms with Crippen LogP contribution in [-0.2, 0) is 0 Å². The molecule has 0 bridgehead atoms. The second kappa shape index (κ2) is 6.12. The highest BCUT2D eigenvalue weighted by Gasteiger charge is 2.19. The topological polar surface area (TPSA) is 35.2 Å². The van der Waals surface area contributed by atoms with Crippen molar-refractivity contribution in [3.8, 4) is 5.75 Å². The minimum Gasteiger partial charge on any atom is -0.492 e. The van der Waals surface area contributed by atoms with E-state index in [-0.39, 0.29) is 16.6 Å². The van der Waals surface area contributed by atoms with Crippen molar-refractivity contribution in [2.24, 2.45) is 5.73 Å². The smallest absolute Gasteiger partial charge is 0.145 e. The van der Waals surface area contributed by atoms with E-state index in [1.54, 1.807) is 24.3 Å². The van der Waals surface area contributed by atoms with E-state index in [0.717, 1.165) is 0 Å². The number of rotatable bonds is 4. The number of benzene rings is 2. The summed E-state index contributed by atoms with van der Waals surface area (Å²) in [4.78, 5) is 0. The number of hydrogen-bond donors (Lipinski definition) is 1. The first kappa shape index (κ1) is 14.0. The predicted octanol–water partition coefficient (Wildman–Crippen LogP) is 3.81. The third kappa shape index (κ3) is 3.30. The van der Waals surface area contributed by atoms with E-state index < -0.39 is 17.7 Å². The third-order valence-electron chi connectivity index (χ3n) is 2.62. The SMILES string of the molecule is NC(COc1ccccc1)c1c(F)ccc(Br)c1F. The van der Waals surface area contributed by atoms with Gasteiger partial charge in [-0.1, -0.05) is 18.2 Å². The molecule has 19 heavy (non-hydrogen) atoms. The summed E-state index contributed by atoms with van der Waals surface area (Å²) >= 11 is 3.01. The molecule has 0 aromatic heterocycles. The summed E-state index contributed by atoms with van der Waals surface area (Å²) in [6, 6.07) is 10.6. The van der Waals surface area contributed by atoms with Crippen molar-refractivity contribution in [3.05, 3.63) is 64.1 Å². The first-order chi connectivity index (χ1) is 9.09. The summed E-state index contributed by atoms with van der Waals surface area (Å²) in [6.45, 7) is -0.00565. The van der Waals surface area contributed by atoms with Crippen molar-refractivity contribution in [1.29, 1.82) is 0 Å². The van der Waals surface area contributed by atoms with Gasteiger partial charge in [-0.25, -0.2) is 8.78 Å². The van der Waals surface area contributed by atoms with Crippen LogP contribution in [0.5, 0.6) is 5.75 Å². The number of ether oxygens (including phenoxy) is 1. The van der Waals surface area contributed by atoms with Gasteiger partial charge in [0.05, 0.1) is 10.5 Å². The average Bonchev–Trinajstić information content (AvgIpc) is 2.42. The molecular formula is C14H12BrF2NO. The molecule has 0 aliphatic carbocycles. The van der Waals surface area contributed by atoms with E-state index in [1.165, 1.54) is 12.1 Å². The average molecular weight is 328 g/mol. The van der Waals surface area contributed by atoms with Crippen molar-refractivity contribution < 1.29 is 13.5 Å². The van der Waals surface area contributed by atoms with Gasteiger partial charge in [-0.2, -0.15) is 0 Å². The molecular weight excluding hydrogens is 316 g/mol. The molecule has 2 aromatic rings. The van der Waals surface area contributed by atoms with Crippen LogP contribution >= 0.6 is 15.9 Å². The summed E-state index contributed by atoms with van der Waals surface area (Å²) in [5.41, 5.74) is 5.61. The molecule has 0 spiro atoms. The quantitative estimate of drug-likeness (QED) is 0.867. The van der Waals surface area contributed by atoms with Gasteiger partial charge >= 0.3 is 0 Å². The summed E-state index contributed by atoms with van der Waals surface area (Å²) < 4.78 is 33.0. The lowest BCUT2D eigenvalue weighted by molar-refractivity contribution is 0.284. The van der Waals surface area contributed by atoms with E-state index in [1.807, 2.05) is 6.07 Å². The largest absolute Gasteiger partial charge is 0.492 e. The Labute approximate surface area is 118 Å². The zero-order chi connectivity index (χ0) is 13.8. The van der Waals surface area contributed by atoms with Gasteiger partial charge in [-0.15, -0.1) is 0 Å². The van der Waals surface area contributed by atoms with Crippen LogP contribution in [0.3, 0.4) is 0 Å². The molecule has 5 heteroatoms. The van der Waals surface area contributed by atoms with E-state index in [9.17, 15) is 8.78 Å². The van der Waals surface area contributed by atoms with Gasteiger partial charge < -0.3 is 10.5 Å². The maximum atomic E-state index is 13.8. The summed E-state index contributed by atoms with van der Waals surface area (Å²) in [6.07, 6.45) is 0. The van der Waals surface area contributed by atoms with Gasteiger partial charge in [-0.05, 0) is 40.2 Å². The zero-order valence-electron chi connectivity index (χ0n) is 9.95. The van der Waals surface area contributed by atoms with Crippen molar-refractivity contribution >= 4 is 15.9 Å². The Hall–Kier alpha value is -1.46. The van der Waals surface area contributed by atoms with Gasteiger partial charge in [0.15, 0.2) is 0 Å². The summed E-state index contributed by atoms with van der Waals surface area (Å²) in [5.74, 6) is -0.761. The normalized spacial score (nSPS) is 12.2. The molecule has 2 nitrogen and oxygen atoms in total. The Kier molecular flexibility index (Phi) is 4.50. The van der Waals surface area contributed by atoms with Crippen LogP contribution in [0, 0.1) is 11.6 Å². The first-order valence-electron chi connectivity index (χ1n) is 5.66. The Bertz CT molecular complexity index is 563. The second-order valence-corrected chi connectivity index (χ2v) is 4.84. The van der Waals surface area contributed by atoms with Crippen molar-refractivity contribution in [2.75, 3.05) is 6.61 Å². The molecule has 2 aromatic carbocycles. The highest BCUT2D eigenvalue weighted by Crippen LogP contribution is 2.26.